The molecular weight excluding hydrogens is 228 g/mol. The zero-order chi connectivity index (χ0) is 12.1. The number of halogens is 1. The van der Waals surface area contributed by atoms with Gasteiger partial charge in [0.1, 0.15) is 5.75 Å². The third-order valence-corrected chi connectivity index (χ3v) is 2.39. The second kappa shape index (κ2) is 5.61. The predicted octanol–water partition coefficient (Wildman–Crippen LogP) is 2.25. The van der Waals surface area contributed by atoms with Crippen molar-refractivity contribution in [1.29, 1.82) is 0 Å². The Bertz CT molecular complexity index is 382. The Labute approximate surface area is 99.9 Å². The van der Waals surface area contributed by atoms with Gasteiger partial charge in [-0.15, -0.1) is 0 Å². The molecule has 0 aliphatic rings. The largest absolute Gasteiger partial charge is 0.492 e. The lowest BCUT2D eigenvalue weighted by Crippen LogP contribution is -2.31. The Kier molecular flexibility index (Phi) is 4.43. The van der Waals surface area contributed by atoms with Crippen molar-refractivity contribution in [2.24, 2.45) is 5.73 Å². The highest BCUT2D eigenvalue weighted by molar-refractivity contribution is 6.32. The van der Waals surface area contributed by atoms with E-state index in [1.807, 2.05) is 13.0 Å². The second-order valence-electron chi connectivity index (χ2n) is 3.39. The average Bonchev–Trinajstić information content (AvgIpc) is 2.22. The summed E-state index contributed by atoms with van der Waals surface area (Å²) in [6, 6.07) is 4.95. The first-order valence-corrected chi connectivity index (χ1v) is 5.34. The summed E-state index contributed by atoms with van der Waals surface area (Å²) in [5.74, 6) is 0.648. The topological polar surface area (TPSA) is 55.6 Å². The number of amides is 2. The maximum absolute atomic E-state index is 10.8. The van der Waals surface area contributed by atoms with Crippen molar-refractivity contribution in [3.05, 3.63) is 28.8 Å². The minimum Gasteiger partial charge on any atom is -0.492 e. The van der Waals surface area contributed by atoms with Gasteiger partial charge < -0.3 is 15.4 Å². The Morgan fingerprint density at radius 3 is 2.75 bits per heavy atom. The molecule has 0 radical (unpaired) electrons. The van der Waals surface area contributed by atoms with Gasteiger partial charge in [0.15, 0.2) is 0 Å². The highest BCUT2D eigenvalue weighted by Gasteiger charge is 2.07. The minimum absolute atomic E-state index is 0.432. The molecule has 0 bridgehead atoms. The molecule has 0 fully saturated rings. The number of benzene rings is 1. The molecule has 1 aromatic carbocycles. The van der Waals surface area contributed by atoms with Crippen LogP contribution in [0.15, 0.2) is 18.2 Å². The smallest absolute Gasteiger partial charge is 0.314 e. The van der Waals surface area contributed by atoms with Gasteiger partial charge in [-0.3, -0.25) is 0 Å². The number of rotatable bonds is 4. The first-order valence-electron chi connectivity index (χ1n) is 4.96. The highest BCUT2D eigenvalue weighted by Crippen LogP contribution is 2.25. The molecule has 4 nitrogen and oxygen atoms in total. The summed E-state index contributed by atoms with van der Waals surface area (Å²) < 4.78 is 5.31. The zero-order valence-corrected chi connectivity index (χ0v) is 10.1. The molecule has 16 heavy (non-hydrogen) atoms. The molecule has 2 N–H and O–H groups in total. The number of hydrogen-bond acceptors (Lipinski definition) is 2. The van der Waals surface area contributed by atoms with Gasteiger partial charge in [-0.05, 0) is 24.6 Å². The quantitative estimate of drug-likeness (QED) is 0.881. The van der Waals surface area contributed by atoms with Crippen LogP contribution in [0.3, 0.4) is 0 Å². The lowest BCUT2D eigenvalue weighted by molar-refractivity contribution is 0.216. The molecule has 0 aliphatic carbocycles. The summed E-state index contributed by atoms with van der Waals surface area (Å²) in [6.07, 6.45) is 0. The van der Waals surface area contributed by atoms with Gasteiger partial charge in [-0.25, -0.2) is 4.79 Å². The van der Waals surface area contributed by atoms with E-state index in [0.717, 1.165) is 5.56 Å². The second-order valence-corrected chi connectivity index (χ2v) is 3.80. The van der Waals surface area contributed by atoms with Gasteiger partial charge in [0.05, 0.1) is 11.6 Å². The number of nitrogens with zero attached hydrogens (tertiary/aromatic N) is 1. The molecule has 0 saturated heterocycles. The van der Waals surface area contributed by atoms with Crippen molar-refractivity contribution in [3.63, 3.8) is 0 Å². The summed E-state index contributed by atoms with van der Waals surface area (Å²) in [4.78, 5) is 12.3. The van der Waals surface area contributed by atoms with Crippen molar-refractivity contribution in [2.45, 2.75) is 13.5 Å². The van der Waals surface area contributed by atoms with E-state index in [1.54, 1.807) is 19.2 Å². The molecule has 88 valence electrons. The number of carbonyl (C=O) groups is 1. The van der Waals surface area contributed by atoms with E-state index in [-0.39, 0.29) is 0 Å². The molecule has 0 saturated carbocycles. The van der Waals surface area contributed by atoms with Crippen molar-refractivity contribution in [3.8, 4) is 5.75 Å². The molecule has 5 heteroatoms. The van der Waals surface area contributed by atoms with E-state index < -0.39 is 6.03 Å². The van der Waals surface area contributed by atoms with Crippen LogP contribution in [0.25, 0.3) is 0 Å². The number of ether oxygens (including phenoxy) is 1. The summed E-state index contributed by atoms with van der Waals surface area (Å²) in [5, 5.41) is 0.539. The zero-order valence-electron chi connectivity index (χ0n) is 9.37. The lowest BCUT2D eigenvalue weighted by atomic mass is 10.2. The van der Waals surface area contributed by atoms with Gasteiger partial charge in [-0.1, -0.05) is 17.7 Å². The van der Waals surface area contributed by atoms with E-state index in [4.69, 9.17) is 22.1 Å². The Hall–Kier alpha value is -1.42. The van der Waals surface area contributed by atoms with Gasteiger partial charge in [0.25, 0.3) is 0 Å². The van der Waals surface area contributed by atoms with Crippen molar-refractivity contribution in [1.82, 2.24) is 4.90 Å². The van der Waals surface area contributed by atoms with E-state index in [9.17, 15) is 4.79 Å². The van der Waals surface area contributed by atoms with Crippen LogP contribution < -0.4 is 10.5 Å². The first-order chi connectivity index (χ1) is 7.54. The van der Waals surface area contributed by atoms with Crippen LogP contribution in [-0.4, -0.2) is 24.6 Å². The van der Waals surface area contributed by atoms with Gasteiger partial charge in [0.2, 0.25) is 0 Å². The van der Waals surface area contributed by atoms with E-state index in [1.165, 1.54) is 4.90 Å². The van der Waals surface area contributed by atoms with Gasteiger partial charge in [0, 0.05) is 13.6 Å². The van der Waals surface area contributed by atoms with E-state index >= 15 is 0 Å². The predicted molar refractivity (Wildman–Crippen MR) is 63.7 cm³/mol. The SMILES string of the molecule is CCOc1ccc(CN(C)C(N)=O)cc1Cl. The molecule has 0 heterocycles. The molecule has 0 aromatic heterocycles. The van der Waals surface area contributed by atoms with Crippen LogP contribution in [0.2, 0.25) is 5.02 Å². The molecular formula is C11H15ClN2O2. The van der Waals surface area contributed by atoms with Crippen molar-refractivity contribution < 1.29 is 9.53 Å². The summed E-state index contributed by atoms with van der Waals surface area (Å²) in [5.41, 5.74) is 6.04. The number of urea groups is 1. The summed E-state index contributed by atoms with van der Waals surface area (Å²) in [7, 11) is 1.63. The van der Waals surface area contributed by atoms with Crippen LogP contribution >= 0.6 is 11.6 Å². The van der Waals surface area contributed by atoms with Crippen LogP contribution in [0, 0.1) is 0 Å². The third kappa shape index (κ3) is 3.31. The highest BCUT2D eigenvalue weighted by atomic mass is 35.5. The number of nitrogens with two attached hydrogens (primary N) is 1. The summed E-state index contributed by atoms with van der Waals surface area (Å²) in [6.45, 7) is 2.90. The average molecular weight is 243 g/mol. The van der Waals surface area contributed by atoms with Crippen LogP contribution in [0.1, 0.15) is 12.5 Å². The fraction of sp³-hybridized carbons (Fsp3) is 0.364. The number of primary amides is 1. The lowest BCUT2D eigenvalue weighted by Gasteiger charge is -2.15. The monoisotopic (exact) mass is 242 g/mol. The van der Waals surface area contributed by atoms with Crippen LogP contribution in [0.4, 0.5) is 4.79 Å². The standard InChI is InChI=1S/C11H15ClN2O2/c1-3-16-10-5-4-8(6-9(10)12)7-14(2)11(13)15/h4-6H,3,7H2,1-2H3,(H2,13,15). The maximum Gasteiger partial charge on any atom is 0.314 e. The molecule has 0 unspecified atom stereocenters. The van der Waals surface area contributed by atoms with Crippen LogP contribution in [-0.2, 0) is 6.54 Å². The van der Waals surface area contributed by atoms with Crippen molar-refractivity contribution >= 4 is 17.6 Å². The normalized spacial score (nSPS) is 9.94. The van der Waals surface area contributed by atoms with Gasteiger partial charge >= 0.3 is 6.03 Å². The summed E-state index contributed by atoms with van der Waals surface area (Å²) >= 11 is 6.01. The molecule has 0 atom stereocenters. The number of hydrogen-bond donors (Lipinski definition) is 1. The fourth-order valence-corrected chi connectivity index (χ4v) is 1.52. The third-order valence-electron chi connectivity index (χ3n) is 2.09. The molecule has 0 spiro atoms. The Balaban J connectivity index is 2.77. The van der Waals surface area contributed by atoms with E-state index in [2.05, 4.69) is 0 Å². The molecule has 1 aromatic rings. The van der Waals surface area contributed by atoms with Gasteiger partial charge in [-0.2, -0.15) is 0 Å². The Morgan fingerprint density at radius 2 is 2.25 bits per heavy atom. The van der Waals surface area contributed by atoms with Crippen molar-refractivity contribution in [2.75, 3.05) is 13.7 Å². The molecule has 1 rings (SSSR count). The minimum atomic E-state index is -0.468. The number of carbonyl (C=O) groups excluding carboxylic acids is 1. The first kappa shape index (κ1) is 12.6. The van der Waals surface area contributed by atoms with E-state index in [0.29, 0.717) is 23.9 Å². The molecule has 2 amide bonds. The molecule has 0 aliphatic heterocycles. The maximum atomic E-state index is 10.8. The fourth-order valence-electron chi connectivity index (χ4n) is 1.27. The van der Waals surface area contributed by atoms with Crippen LogP contribution in [0.5, 0.6) is 5.75 Å². The Morgan fingerprint density at radius 1 is 1.56 bits per heavy atom.